The van der Waals surface area contributed by atoms with Gasteiger partial charge in [-0.25, -0.2) is 0 Å². The van der Waals surface area contributed by atoms with Crippen LogP contribution in [0.2, 0.25) is 0 Å². The van der Waals surface area contributed by atoms with Crippen molar-refractivity contribution in [1.82, 2.24) is 0 Å². The molecule has 0 radical (unpaired) electrons. The van der Waals surface area contributed by atoms with Crippen LogP contribution >= 0.6 is 11.3 Å². The molecule has 17 heavy (non-hydrogen) atoms. The number of unbranched alkanes of at least 4 members (excludes halogenated alkanes) is 2. The fourth-order valence-corrected chi connectivity index (χ4v) is 2.90. The first kappa shape index (κ1) is 12.4. The lowest BCUT2D eigenvalue weighted by atomic mass is 10.1. The number of nitrogens with one attached hydrogen (secondary N) is 1. The molecule has 3 heteroatoms. The number of nitrogens with two attached hydrogens (primary N) is 1. The number of fused-ring (bicyclic) bond motifs is 1. The Morgan fingerprint density at radius 1 is 1.24 bits per heavy atom. The number of anilines is 1. The van der Waals surface area contributed by atoms with Crippen LogP contribution in [0.25, 0.3) is 10.1 Å². The molecule has 0 amide bonds. The molecule has 0 fully saturated rings. The second kappa shape index (κ2) is 6.03. The van der Waals surface area contributed by atoms with E-state index in [2.05, 4.69) is 35.8 Å². The quantitative estimate of drug-likeness (QED) is 0.764. The molecule has 0 saturated carbocycles. The van der Waals surface area contributed by atoms with Gasteiger partial charge >= 0.3 is 0 Å². The maximum Gasteiger partial charge on any atom is 0.0373 e. The Labute approximate surface area is 107 Å². The van der Waals surface area contributed by atoms with E-state index >= 15 is 0 Å². The molecular formula is C14H20N2S. The molecule has 0 spiro atoms. The van der Waals surface area contributed by atoms with Gasteiger partial charge in [-0.2, -0.15) is 0 Å². The molecule has 0 unspecified atom stereocenters. The zero-order valence-electron chi connectivity index (χ0n) is 10.3. The highest BCUT2D eigenvalue weighted by molar-refractivity contribution is 7.17. The average Bonchev–Trinajstić information content (AvgIpc) is 2.77. The Morgan fingerprint density at radius 3 is 2.94 bits per heavy atom. The third-order valence-corrected chi connectivity index (χ3v) is 4.01. The van der Waals surface area contributed by atoms with Crippen molar-refractivity contribution in [3.05, 3.63) is 29.1 Å². The van der Waals surface area contributed by atoms with E-state index < -0.39 is 0 Å². The summed E-state index contributed by atoms with van der Waals surface area (Å²) in [7, 11) is 0. The minimum absolute atomic E-state index is 0.806. The smallest absolute Gasteiger partial charge is 0.0373 e. The van der Waals surface area contributed by atoms with Gasteiger partial charge in [0, 0.05) is 16.9 Å². The van der Waals surface area contributed by atoms with Crippen LogP contribution in [-0.4, -0.2) is 13.1 Å². The first-order valence-electron chi connectivity index (χ1n) is 6.23. The predicted molar refractivity (Wildman–Crippen MR) is 78.0 cm³/mol. The summed E-state index contributed by atoms with van der Waals surface area (Å²) in [5.74, 6) is 0. The van der Waals surface area contributed by atoms with Crippen molar-refractivity contribution in [2.24, 2.45) is 5.73 Å². The number of rotatable bonds is 6. The summed E-state index contributed by atoms with van der Waals surface area (Å²) in [4.78, 5) is 0. The number of hydrogen-bond acceptors (Lipinski definition) is 3. The minimum atomic E-state index is 0.806. The van der Waals surface area contributed by atoms with Crippen LogP contribution in [-0.2, 0) is 0 Å². The van der Waals surface area contributed by atoms with Crippen LogP contribution in [0, 0.1) is 6.92 Å². The predicted octanol–water partition coefficient (Wildman–Crippen LogP) is 3.75. The maximum atomic E-state index is 5.47. The van der Waals surface area contributed by atoms with Crippen LogP contribution in [0.4, 0.5) is 5.69 Å². The molecule has 92 valence electrons. The summed E-state index contributed by atoms with van der Waals surface area (Å²) in [6.07, 6.45) is 3.53. The monoisotopic (exact) mass is 248 g/mol. The Balaban J connectivity index is 1.94. The first-order chi connectivity index (χ1) is 8.31. The summed E-state index contributed by atoms with van der Waals surface area (Å²) < 4.78 is 1.40. The molecule has 1 heterocycles. The van der Waals surface area contributed by atoms with Gasteiger partial charge in [0.2, 0.25) is 0 Å². The summed E-state index contributed by atoms with van der Waals surface area (Å²) in [5, 5.41) is 6.99. The van der Waals surface area contributed by atoms with E-state index in [-0.39, 0.29) is 0 Å². The van der Waals surface area contributed by atoms with Gasteiger partial charge in [0.05, 0.1) is 0 Å². The molecule has 2 aromatic rings. The normalized spacial score (nSPS) is 10.9. The second-order valence-corrected chi connectivity index (χ2v) is 5.32. The lowest BCUT2D eigenvalue weighted by Gasteiger charge is -2.08. The topological polar surface area (TPSA) is 38.0 Å². The summed E-state index contributed by atoms with van der Waals surface area (Å²) >= 11 is 1.82. The average molecular weight is 248 g/mol. The van der Waals surface area contributed by atoms with Crippen LogP contribution in [0.3, 0.4) is 0 Å². The fourth-order valence-electron chi connectivity index (χ4n) is 2.04. The fraction of sp³-hybridized carbons (Fsp3) is 0.429. The van der Waals surface area contributed by atoms with Gasteiger partial charge in [-0.05, 0) is 60.8 Å². The lowest BCUT2D eigenvalue weighted by molar-refractivity contribution is 0.707. The molecule has 0 atom stereocenters. The molecule has 3 N–H and O–H groups in total. The number of benzene rings is 1. The number of thiophene rings is 1. The highest BCUT2D eigenvalue weighted by atomic mass is 32.1. The molecule has 0 aliphatic rings. The second-order valence-electron chi connectivity index (χ2n) is 4.41. The molecule has 2 nitrogen and oxygen atoms in total. The van der Waals surface area contributed by atoms with Crippen molar-refractivity contribution < 1.29 is 0 Å². The van der Waals surface area contributed by atoms with E-state index in [1.165, 1.54) is 34.2 Å². The Bertz CT molecular complexity index is 476. The minimum Gasteiger partial charge on any atom is -0.385 e. The summed E-state index contributed by atoms with van der Waals surface area (Å²) in [6, 6.07) is 6.66. The van der Waals surface area contributed by atoms with Crippen LogP contribution in [0.15, 0.2) is 23.6 Å². The van der Waals surface area contributed by atoms with Crippen molar-refractivity contribution in [1.29, 1.82) is 0 Å². The number of hydrogen-bond donors (Lipinski definition) is 2. The zero-order chi connectivity index (χ0) is 12.1. The van der Waals surface area contributed by atoms with Crippen molar-refractivity contribution in [2.45, 2.75) is 26.2 Å². The van der Waals surface area contributed by atoms with Gasteiger partial charge in [0.15, 0.2) is 0 Å². The molecule has 2 rings (SSSR count). The Hall–Kier alpha value is -1.06. The standard InChI is InChI=1S/C14H20N2S/c1-11-9-13(16-7-4-2-3-6-15)10-12-5-8-17-14(11)12/h5,8-10,16H,2-4,6-7,15H2,1H3. The van der Waals surface area contributed by atoms with Gasteiger partial charge in [-0.3, -0.25) is 0 Å². The molecule has 0 aliphatic heterocycles. The van der Waals surface area contributed by atoms with Gasteiger partial charge < -0.3 is 11.1 Å². The van der Waals surface area contributed by atoms with E-state index in [0.29, 0.717) is 0 Å². The summed E-state index contributed by atoms with van der Waals surface area (Å²) in [6.45, 7) is 4.02. The summed E-state index contributed by atoms with van der Waals surface area (Å²) in [5.41, 5.74) is 8.07. The highest BCUT2D eigenvalue weighted by Crippen LogP contribution is 2.28. The van der Waals surface area contributed by atoms with E-state index in [0.717, 1.165) is 19.5 Å². The van der Waals surface area contributed by atoms with Gasteiger partial charge in [0.1, 0.15) is 0 Å². The zero-order valence-corrected chi connectivity index (χ0v) is 11.1. The lowest BCUT2D eigenvalue weighted by Crippen LogP contribution is -2.03. The Morgan fingerprint density at radius 2 is 2.12 bits per heavy atom. The largest absolute Gasteiger partial charge is 0.385 e. The third-order valence-electron chi connectivity index (χ3n) is 2.95. The SMILES string of the molecule is Cc1cc(NCCCCCN)cc2ccsc12. The van der Waals surface area contributed by atoms with Gasteiger partial charge in [0.25, 0.3) is 0 Å². The van der Waals surface area contributed by atoms with Crippen LogP contribution < -0.4 is 11.1 Å². The molecular weight excluding hydrogens is 228 g/mol. The van der Waals surface area contributed by atoms with E-state index in [1.54, 1.807) is 0 Å². The molecule has 0 bridgehead atoms. The van der Waals surface area contributed by atoms with Crippen molar-refractivity contribution >= 4 is 27.1 Å². The Kier molecular flexibility index (Phi) is 4.40. The highest BCUT2D eigenvalue weighted by Gasteiger charge is 2.01. The first-order valence-corrected chi connectivity index (χ1v) is 7.11. The van der Waals surface area contributed by atoms with Gasteiger partial charge in [-0.15, -0.1) is 11.3 Å². The van der Waals surface area contributed by atoms with Crippen molar-refractivity contribution in [3.63, 3.8) is 0 Å². The van der Waals surface area contributed by atoms with Crippen molar-refractivity contribution in [2.75, 3.05) is 18.4 Å². The molecule has 0 saturated heterocycles. The van der Waals surface area contributed by atoms with Gasteiger partial charge in [-0.1, -0.05) is 6.42 Å². The van der Waals surface area contributed by atoms with E-state index in [1.807, 2.05) is 11.3 Å². The molecule has 1 aromatic carbocycles. The van der Waals surface area contributed by atoms with Crippen LogP contribution in [0.1, 0.15) is 24.8 Å². The maximum absolute atomic E-state index is 5.47. The molecule has 0 aliphatic carbocycles. The van der Waals surface area contributed by atoms with Crippen LogP contribution in [0.5, 0.6) is 0 Å². The third kappa shape index (κ3) is 3.20. The van der Waals surface area contributed by atoms with E-state index in [4.69, 9.17) is 5.73 Å². The molecule has 1 aromatic heterocycles. The number of aryl methyl sites for hydroxylation is 1. The van der Waals surface area contributed by atoms with E-state index in [9.17, 15) is 0 Å². The van der Waals surface area contributed by atoms with Crippen molar-refractivity contribution in [3.8, 4) is 0 Å².